The van der Waals surface area contributed by atoms with Gasteiger partial charge in [-0.3, -0.25) is 4.98 Å². The molecule has 0 saturated carbocycles. The third kappa shape index (κ3) is 2.64. The van der Waals surface area contributed by atoms with Gasteiger partial charge in [0.2, 0.25) is 0 Å². The molecule has 0 saturated heterocycles. The molecule has 0 spiro atoms. The Morgan fingerprint density at radius 2 is 2.06 bits per heavy atom. The molecular weight excluding hydrogens is 295 g/mol. The number of fused-ring (bicyclic) bond motifs is 1. The van der Waals surface area contributed by atoms with E-state index in [0.29, 0.717) is 15.9 Å². The van der Waals surface area contributed by atoms with Gasteiger partial charge in [0.1, 0.15) is 5.82 Å². The van der Waals surface area contributed by atoms with Crippen LogP contribution in [0.5, 0.6) is 0 Å². The maximum atomic E-state index is 13.6. The molecule has 18 heavy (non-hydrogen) atoms. The molecule has 2 nitrogen and oxygen atoms in total. The van der Waals surface area contributed by atoms with E-state index in [1.807, 2.05) is 13.1 Å². The number of hydrogen-bond acceptors (Lipinski definition) is 2. The molecular formula is C14H16BrFN2. The van der Waals surface area contributed by atoms with Gasteiger partial charge in [0, 0.05) is 29.9 Å². The Labute approximate surface area is 115 Å². The predicted molar refractivity (Wildman–Crippen MR) is 77.5 cm³/mol. The summed E-state index contributed by atoms with van der Waals surface area (Å²) in [7, 11) is 1.87. The van der Waals surface area contributed by atoms with Crippen molar-refractivity contribution in [2.75, 3.05) is 12.4 Å². The molecule has 0 bridgehead atoms. The lowest BCUT2D eigenvalue weighted by Crippen LogP contribution is -2.01. The van der Waals surface area contributed by atoms with Crippen molar-refractivity contribution in [1.29, 1.82) is 0 Å². The fourth-order valence-corrected chi connectivity index (χ4v) is 2.35. The van der Waals surface area contributed by atoms with Crippen LogP contribution in [0, 0.1) is 11.7 Å². The van der Waals surface area contributed by atoms with Gasteiger partial charge in [-0.2, -0.15) is 0 Å². The highest BCUT2D eigenvalue weighted by Crippen LogP contribution is 2.28. The molecule has 1 N–H and O–H groups in total. The lowest BCUT2D eigenvalue weighted by Gasteiger charge is -2.11. The third-order valence-electron chi connectivity index (χ3n) is 2.79. The normalized spacial score (nSPS) is 11.2. The van der Waals surface area contributed by atoms with Gasteiger partial charge in [0.05, 0.1) is 9.99 Å². The highest BCUT2D eigenvalue weighted by atomic mass is 79.9. The van der Waals surface area contributed by atoms with E-state index in [1.165, 1.54) is 6.07 Å². The maximum Gasteiger partial charge on any atom is 0.139 e. The van der Waals surface area contributed by atoms with Crippen LogP contribution < -0.4 is 5.32 Å². The molecule has 1 heterocycles. The van der Waals surface area contributed by atoms with Crippen molar-refractivity contribution in [3.05, 3.63) is 34.2 Å². The molecule has 0 fully saturated rings. The summed E-state index contributed by atoms with van der Waals surface area (Å²) in [6, 6.07) is 5.28. The average Bonchev–Trinajstić information content (AvgIpc) is 2.29. The highest BCUT2D eigenvalue weighted by Gasteiger charge is 2.09. The van der Waals surface area contributed by atoms with Crippen LogP contribution in [0.3, 0.4) is 0 Å². The van der Waals surface area contributed by atoms with E-state index in [-0.39, 0.29) is 5.82 Å². The Morgan fingerprint density at radius 3 is 2.67 bits per heavy atom. The molecule has 0 unspecified atom stereocenters. The number of nitrogens with zero attached hydrogens (tertiary/aromatic N) is 1. The second kappa shape index (κ2) is 5.22. The summed E-state index contributed by atoms with van der Waals surface area (Å²) in [5.74, 6) is 0.249. The van der Waals surface area contributed by atoms with Crippen LogP contribution in [0.4, 0.5) is 10.1 Å². The molecule has 0 aliphatic heterocycles. The number of rotatable bonds is 3. The molecule has 4 heteroatoms. The summed E-state index contributed by atoms with van der Waals surface area (Å²) in [5.41, 5.74) is 2.66. The van der Waals surface area contributed by atoms with E-state index in [2.05, 4.69) is 40.1 Å². The van der Waals surface area contributed by atoms with Gasteiger partial charge in [0.15, 0.2) is 0 Å². The van der Waals surface area contributed by atoms with E-state index < -0.39 is 0 Å². The van der Waals surface area contributed by atoms with Gasteiger partial charge in [-0.15, -0.1) is 0 Å². The van der Waals surface area contributed by atoms with Crippen molar-refractivity contribution in [1.82, 2.24) is 4.98 Å². The zero-order chi connectivity index (χ0) is 13.3. The minimum absolute atomic E-state index is 0.279. The lowest BCUT2D eigenvalue weighted by molar-refractivity contribution is 0.622. The van der Waals surface area contributed by atoms with E-state index in [4.69, 9.17) is 0 Å². The van der Waals surface area contributed by atoms with E-state index >= 15 is 0 Å². The molecule has 0 aliphatic carbocycles. The molecule has 2 aromatic rings. The maximum absolute atomic E-state index is 13.6. The van der Waals surface area contributed by atoms with E-state index in [9.17, 15) is 4.39 Å². The van der Waals surface area contributed by atoms with Crippen molar-refractivity contribution in [3.8, 4) is 0 Å². The second-order valence-corrected chi connectivity index (χ2v) is 5.65. The summed E-state index contributed by atoms with van der Waals surface area (Å²) < 4.78 is 14.0. The standard InChI is InChI=1S/C14H16BrFN2/c1-8(2)4-9-5-13(17-3)10-6-11(15)12(16)7-14(10)18-9/h5-8H,4H2,1-3H3,(H,17,18). The van der Waals surface area contributed by atoms with Gasteiger partial charge >= 0.3 is 0 Å². The first-order valence-corrected chi connectivity index (χ1v) is 6.77. The van der Waals surface area contributed by atoms with E-state index in [1.54, 1.807) is 6.07 Å². The number of anilines is 1. The molecule has 0 radical (unpaired) electrons. The SMILES string of the molecule is CNc1cc(CC(C)C)nc2cc(F)c(Br)cc12. The fraction of sp³-hybridized carbons (Fsp3) is 0.357. The molecule has 1 aromatic heterocycles. The Balaban J connectivity index is 2.63. The number of halogens is 2. The summed E-state index contributed by atoms with van der Waals surface area (Å²) in [5, 5.41) is 4.08. The summed E-state index contributed by atoms with van der Waals surface area (Å²) in [6.07, 6.45) is 0.891. The molecule has 2 rings (SSSR count). The van der Waals surface area contributed by atoms with Crippen LogP contribution in [0.2, 0.25) is 0 Å². The number of pyridine rings is 1. The molecule has 0 amide bonds. The number of nitrogens with one attached hydrogen (secondary N) is 1. The van der Waals surface area contributed by atoms with E-state index in [0.717, 1.165) is 23.2 Å². The Kier molecular flexibility index (Phi) is 3.85. The van der Waals surface area contributed by atoms with Crippen LogP contribution in [0.15, 0.2) is 22.7 Å². The summed E-state index contributed by atoms with van der Waals surface area (Å²) >= 11 is 3.21. The van der Waals surface area contributed by atoms with Crippen molar-refractivity contribution in [2.24, 2.45) is 5.92 Å². The fourth-order valence-electron chi connectivity index (χ4n) is 2.01. The van der Waals surface area contributed by atoms with Crippen LogP contribution in [-0.2, 0) is 6.42 Å². The van der Waals surface area contributed by atoms with Crippen molar-refractivity contribution in [2.45, 2.75) is 20.3 Å². The molecule has 1 aromatic carbocycles. The number of aromatic nitrogens is 1. The first kappa shape index (κ1) is 13.3. The first-order chi connectivity index (χ1) is 8.51. The van der Waals surface area contributed by atoms with Gasteiger partial charge in [0.25, 0.3) is 0 Å². The van der Waals surface area contributed by atoms with Crippen LogP contribution in [0.1, 0.15) is 19.5 Å². The van der Waals surface area contributed by atoms with Gasteiger partial charge < -0.3 is 5.32 Å². The highest BCUT2D eigenvalue weighted by molar-refractivity contribution is 9.10. The predicted octanol–water partition coefficient (Wildman–Crippen LogP) is 4.38. The summed E-state index contributed by atoms with van der Waals surface area (Å²) in [4.78, 5) is 4.53. The van der Waals surface area contributed by atoms with Crippen LogP contribution in [0.25, 0.3) is 10.9 Å². The average molecular weight is 311 g/mol. The molecule has 0 aliphatic rings. The smallest absolute Gasteiger partial charge is 0.139 e. The summed E-state index contributed by atoms with van der Waals surface area (Å²) in [6.45, 7) is 4.29. The monoisotopic (exact) mass is 310 g/mol. The Hall–Kier alpha value is -1.16. The zero-order valence-corrected chi connectivity index (χ0v) is 12.3. The molecule has 0 atom stereocenters. The Morgan fingerprint density at radius 1 is 1.33 bits per heavy atom. The van der Waals surface area contributed by atoms with Crippen LogP contribution in [-0.4, -0.2) is 12.0 Å². The lowest BCUT2D eigenvalue weighted by atomic mass is 10.1. The van der Waals surface area contributed by atoms with Gasteiger partial charge in [-0.1, -0.05) is 13.8 Å². The van der Waals surface area contributed by atoms with Crippen molar-refractivity contribution in [3.63, 3.8) is 0 Å². The minimum Gasteiger partial charge on any atom is -0.388 e. The Bertz CT molecular complexity index is 582. The second-order valence-electron chi connectivity index (χ2n) is 4.79. The quantitative estimate of drug-likeness (QED) is 0.910. The van der Waals surface area contributed by atoms with Gasteiger partial charge in [-0.05, 0) is 40.4 Å². The largest absolute Gasteiger partial charge is 0.388 e. The topological polar surface area (TPSA) is 24.9 Å². The van der Waals surface area contributed by atoms with Crippen molar-refractivity contribution >= 4 is 32.5 Å². The van der Waals surface area contributed by atoms with Crippen LogP contribution >= 0.6 is 15.9 Å². The zero-order valence-electron chi connectivity index (χ0n) is 10.7. The first-order valence-electron chi connectivity index (χ1n) is 5.97. The number of benzene rings is 1. The third-order valence-corrected chi connectivity index (χ3v) is 3.40. The van der Waals surface area contributed by atoms with Crippen molar-refractivity contribution < 1.29 is 4.39 Å². The molecule has 96 valence electrons. The number of hydrogen-bond donors (Lipinski definition) is 1. The van der Waals surface area contributed by atoms with Gasteiger partial charge in [-0.25, -0.2) is 4.39 Å². The minimum atomic E-state index is -0.279.